The molecule has 0 radical (unpaired) electrons. The number of allylic oxidation sites excluding steroid dienone is 2. The Balaban J connectivity index is 3.85. The van der Waals surface area contributed by atoms with Gasteiger partial charge >= 0.3 is 0 Å². The molecule has 0 aliphatic rings. The summed E-state index contributed by atoms with van der Waals surface area (Å²) >= 11 is 0. The highest BCUT2D eigenvalue weighted by molar-refractivity contribution is 5.08. The molecule has 0 saturated carbocycles. The van der Waals surface area contributed by atoms with Gasteiger partial charge in [0.1, 0.15) is 0 Å². The predicted octanol–water partition coefficient (Wildman–Crippen LogP) is 1.22. The largest absolute Gasteiger partial charge is 0.506 e. The van der Waals surface area contributed by atoms with Crippen molar-refractivity contribution < 1.29 is 13.9 Å². The van der Waals surface area contributed by atoms with E-state index in [9.17, 15) is 8.78 Å². The molecule has 0 heterocycles. The first-order chi connectivity index (χ1) is 3.68. The van der Waals surface area contributed by atoms with Crippen LogP contribution in [0.15, 0.2) is 11.8 Å². The van der Waals surface area contributed by atoms with E-state index >= 15 is 0 Å². The van der Waals surface area contributed by atoms with E-state index in [0.717, 1.165) is 0 Å². The lowest BCUT2D eigenvalue weighted by molar-refractivity contribution is 0.129. The Kier molecular flexibility index (Phi) is 2.56. The van der Waals surface area contributed by atoms with E-state index in [-0.39, 0.29) is 0 Å². The van der Waals surface area contributed by atoms with E-state index in [0.29, 0.717) is 6.08 Å². The molecule has 0 atom stereocenters. The van der Waals surface area contributed by atoms with Gasteiger partial charge in [-0.25, -0.2) is 8.78 Å². The lowest BCUT2D eigenvalue weighted by atomic mass is 10.5. The quantitative estimate of drug-likeness (QED) is 0.416. The maximum atomic E-state index is 11.1. The van der Waals surface area contributed by atoms with Gasteiger partial charge in [-0.05, 0) is 0 Å². The molecular weight excluding hydrogens is 116 g/mol. The maximum absolute atomic E-state index is 11.1. The highest BCUT2D eigenvalue weighted by Gasteiger charge is 2.06. The second-order valence-corrected chi connectivity index (χ2v) is 0.999. The summed E-state index contributed by atoms with van der Waals surface area (Å²) in [5.41, 5.74) is 0. The van der Waals surface area contributed by atoms with Crippen LogP contribution in [-0.4, -0.2) is 11.5 Å². The van der Waals surface area contributed by atoms with Gasteiger partial charge in [0, 0.05) is 0 Å². The van der Waals surface area contributed by atoms with Crippen LogP contribution >= 0.6 is 0 Å². The van der Waals surface area contributed by atoms with Crippen molar-refractivity contribution >= 4 is 0 Å². The molecule has 4 heteroatoms. The Morgan fingerprint density at radius 3 is 2.38 bits per heavy atom. The number of hydrogen-bond acceptors (Lipinski definition) is 2. The fourth-order valence-corrected chi connectivity index (χ4v) is 0.129. The van der Waals surface area contributed by atoms with Crippen molar-refractivity contribution in [2.75, 3.05) is 0 Å². The lowest BCUT2D eigenvalue weighted by Gasteiger charge is -1.90. The molecule has 8 heavy (non-hydrogen) atoms. The Morgan fingerprint density at radius 1 is 1.75 bits per heavy atom. The third-order valence-electron chi connectivity index (χ3n) is 0.436. The van der Waals surface area contributed by atoms with E-state index in [1.165, 1.54) is 6.07 Å². The molecule has 0 unspecified atom stereocenters. The number of aliphatic hydroxyl groups excluding tert-OH is 1. The molecule has 0 rings (SSSR count). The Labute approximate surface area is 44.7 Å². The molecule has 0 aromatic heterocycles. The van der Waals surface area contributed by atoms with Gasteiger partial charge in [0.2, 0.25) is 0 Å². The van der Waals surface area contributed by atoms with Gasteiger partial charge in [-0.1, -0.05) is 0 Å². The van der Waals surface area contributed by atoms with Crippen LogP contribution in [-0.2, 0) is 0 Å². The topological polar surface area (TPSA) is 44.0 Å². The van der Waals surface area contributed by atoms with Crippen molar-refractivity contribution in [2.45, 2.75) is 6.43 Å². The third kappa shape index (κ3) is 2.13. The molecule has 2 nitrogen and oxygen atoms in total. The van der Waals surface area contributed by atoms with Crippen LogP contribution in [0, 0.1) is 11.3 Å². The first kappa shape index (κ1) is 6.89. The zero-order valence-corrected chi connectivity index (χ0v) is 3.81. The van der Waals surface area contributed by atoms with Crippen LogP contribution in [0.4, 0.5) is 8.78 Å². The molecule has 0 aromatic rings. The third-order valence-corrected chi connectivity index (χ3v) is 0.436. The van der Waals surface area contributed by atoms with Crippen LogP contribution in [0.2, 0.25) is 0 Å². The minimum absolute atomic E-state index is 0.394. The second-order valence-electron chi connectivity index (χ2n) is 0.999. The highest BCUT2D eigenvalue weighted by atomic mass is 19.3. The molecule has 1 N–H and O–H groups in total. The van der Waals surface area contributed by atoms with E-state index in [1.807, 2.05) is 0 Å². The van der Waals surface area contributed by atoms with Crippen molar-refractivity contribution in [3.8, 4) is 6.07 Å². The fraction of sp³-hybridized carbons (Fsp3) is 0.250. The summed E-state index contributed by atoms with van der Waals surface area (Å²) in [6.07, 6.45) is -2.54. The summed E-state index contributed by atoms with van der Waals surface area (Å²) in [5.74, 6) is -1.19. The van der Waals surface area contributed by atoms with Crippen molar-refractivity contribution in [1.82, 2.24) is 0 Å². The number of aliphatic hydroxyl groups is 1. The van der Waals surface area contributed by atoms with Gasteiger partial charge in [-0.15, -0.1) is 0 Å². The zero-order chi connectivity index (χ0) is 6.57. The van der Waals surface area contributed by atoms with Gasteiger partial charge in [0.15, 0.2) is 5.76 Å². The summed E-state index contributed by atoms with van der Waals surface area (Å²) < 4.78 is 22.3. The van der Waals surface area contributed by atoms with Crippen molar-refractivity contribution in [2.24, 2.45) is 0 Å². The lowest BCUT2D eigenvalue weighted by Crippen LogP contribution is -1.93. The molecule has 0 bridgehead atoms. The molecule has 0 fully saturated rings. The SMILES string of the molecule is N#C/C=C(/O)C(F)F. The standard InChI is InChI=1S/C4H3F2NO/c5-4(6)3(8)1-2-7/h1,4,8H/b3-1+. The Morgan fingerprint density at radius 2 is 2.25 bits per heavy atom. The van der Waals surface area contributed by atoms with E-state index < -0.39 is 12.2 Å². The van der Waals surface area contributed by atoms with Crippen LogP contribution in [0.5, 0.6) is 0 Å². The predicted molar refractivity (Wildman–Crippen MR) is 22.3 cm³/mol. The van der Waals surface area contributed by atoms with Gasteiger partial charge in [-0.2, -0.15) is 5.26 Å². The average Bonchev–Trinajstić information content (AvgIpc) is 1.67. The summed E-state index contributed by atoms with van der Waals surface area (Å²) in [5, 5.41) is 15.7. The fourth-order valence-electron chi connectivity index (χ4n) is 0.129. The van der Waals surface area contributed by atoms with Gasteiger partial charge in [0.05, 0.1) is 12.1 Å². The number of nitriles is 1. The van der Waals surface area contributed by atoms with Gasteiger partial charge in [-0.3, -0.25) is 0 Å². The molecule has 0 spiro atoms. The van der Waals surface area contributed by atoms with Crippen LogP contribution in [0.25, 0.3) is 0 Å². The first-order valence-electron chi connectivity index (χ1n) is 1.75. The maximum Gasteiger partial charge on any atom is 0.295 e. The van der Waals surface area contributed by atoms with E-state index in [2.05, 4.69) is 0 Å². The molecule has 0 aliphatic heterocycles. The summed E-state index contributed by atoms with van der Waals surface area (Å²) in [6.45, 7) is 0. The van der Waals surface area contributed by atoms with Crippen LogP contribution < -0.4 is 0 Å². The normalized spacial score (nSPS) is 11.5. The smallest absolute Gasteiger partial charge is 0.295 e. The van der Waals surface area contributed by atoms with Crippen LogP contribution in [0.3, 0.4) is 0 Å². The number of hydrogen-bond donors (Lipinski definition) is 1. The zero-order valence-electron chi connectivity index (χ0n) is 3.81. The molecule has 44 valence electrons. The number of alkyl halides is 2. The molecule has 0 aliphatic carbocycles. The van der Waals surface area contributed by atoms with Crippen molar-refractivity contribution in [1.29, 1.82) is 5.26 Å². The number of nitrogens with zero attached hydrogens (tertiary/aromatic N) is 1. The molecular formula is C4H3F2NO. The minimum atomic E-state index is -2.94. The number of halogens is 2. The van der Waals surface area contributed by atoms with Crippen molar-refractivity contribution in [3.05, 3.63) is 11.8 Å². The van der Waals surface area contributed by atoms with Crippen molar-refractivity contribution in [3.63, 3.8) is 0 Å². The molecule has 0 amide bonds. The van der Waals surface area contributed by atoms with Gasteiger partial charge < -0.3 is 5.11 Å². The highest BCUT2D eigenvalue weighted by Crippen LogP contribution is 2.01. The molecule has 0 aromatic carbocycles. The number of rotatable bonds is 1. The first-order valence-corrected chi connectivity index (χ1v) is 1.75. The Hall–Kier alpha value is -1.11. The summed E-state index contributed by atoms with van der Waals surface area (Å²) in [6, 6.07) is 1.26. The van der Waals surface area contributed by atoms with Gasteiger partial charge in [0.25, 0.3) is 6.43 Å². The second kappa shape index (κ2) is 2.97. The van der Waals surface area contributed by atoms with E-state index in [1.54, 1.807) is 0 Å². The monoisotopic (exact) mass is 119 g/mol. The van der Waals surface area contributed by atoms with E-state index in [4.69, 9.17) is 10.4 Å². The summed E-state index contributed by atoms with van der Waals surface area (Å²) in [4.78, 5) is 0. The minimum Gasteiger partial charge on any atom is -0.506 e. The molecule has 0 saturated heterocycles. The summed E-state index contributed by atoms with van der Waals surface area (Å²) in [7, 11) is 0. The van der Waals surface area contributed by atoms with Crippen LogP contribution in [0.1, 0.15) is 0 Å². The average molecular weight is 119 g/mol. The Bertz CT molecular complexity index is 135.